The van der Waals surface area contributed by atoms with Gasteiger partial charge in [0.2, 0.25) is 5.91 Å². The predicted molar refractivity (Wildman–Crippen MR) is 116 cm³/mol. The number of benzene rings is 3. The Bertz CT molecular complexity index is 1250. The van der Waals surface area contributed by atoms with E-state index in [2.05, 4.69) is 0 Å². The second-order valence-corrected chi connectivity index (χ2v) is 7.75. The van der Waals surface area contributed by atoms with E-state index < -0.39 is 0 Å². The van der Waals surface area contributed by atoms with E-state index in [0.29, 0.717) is 17.3 Å². The van der Waals surface area contributed by atoms with Crippen LogP contribution in [0.5, 0.6) is 0 Å². The zero-order chi connectivity index (χ0) is 20.7. The van der Waals surface area contributed by atoms with Crippen LogP contribution in [0.25, 0.3) is 21.8 Å². The maximum Gasteiger partial charge on any atom is 0.243 e. The van der Waals surface area contributed by atoms with E-state index in [1.165, 1.54) is 12.1 Å². The van der Waals surface area contributed by atoms with Gasteiger partial charge >= 0.3 is 0 Å². The van der Waals surface area contributed by atoms with Gasteiger partial charge in [-0.25, -0.2) is 4.39 Å². The maximum atomic E-state index is 13.4. The van der Waals surface area contributed by atoms with Crippen molar-refractivity contribution in [3.8, 4) is 0 Å². The smallest absolute Gasteiger partial charge is 0.243 e. The standard InChI is InChI=1S/C25H21FN2O2/c26-18-13-11-17(12-14-18)21-10-5-15-27(21)24(29)16-28-22-8-3-1-6-19(22)25(30)20-7-2-4-9-23(20)28/h1-4,6-9,11-14,21H,5,10,15-16H2/t21-/m1/s1. The molecule has 0 bridgehead atoms. The maximum absolute atomic E-state index is 13.4. The van der Waals surface area contributed by atoms with E-state index >= 15 is 0 Å². The summed E-state index contributed by atoms with van der Waals surface area (Å²) in [5.74, 6) is -0.276. The highest BCUT2D eigenvalue weighted by atomic mass is 19.1. The molecule has 2 heterocycles. The summed E-state index contributed by atoms with van der Waals surface area (Å²) >= 11 is 0. The molecule has 4 nitrogen and oxygen atoms in total. The number of likely N-dealkylation sites (tertiary alicyclic amines) is 1. The van der Waals surface area contributed by atoms with Crippen LogP contribution < -0.4 is 5.43 Å². The lowest BCUT2D eigenvalue weighted by Gasteiger charge is -2.26. The molecule has 0 spiro atoms. The summed E-state index contributed by atoms with van der Waals surface area (Å²) in [5.41, 5.74) is 2.45. The summed E-state index contributed by atoms with van der Waals surface area (Å²) in [6.45, 7) is 0.829. The molecule has 1 fully saturated rings. The normalized spacial score (nSPS) is 16.4. The third-order valence-electron chi connectivity index (χ3n) is 6.00. The molecule has 4 aromatic rings. The number of pyridine rings is 1. The highest BCUT2D eigenvalue weighted by molar-refractivity contribution is 5.94. The number of amides is 1. The molecule has 0 N–H and O–H groups in total. The molecule has 0 unspecified atom stereocenters. The highest BCUT2D eigenvalue weighted by Crippen LogP contribution is 2.32. The Hall–Kier alpha value is -3.47. The van der Waals surface area contributed by atoms with Crippen molar-refractivity contribution in [1.29, 1.82) is 0 Å². The van der Waals surface area contributed by atoms with Gasteiger partial charge in [-0.15, -0.1) is 0 Å². The Balaban J connectivity index is 1.56. The van der Waals surface area contributed by atoms with Gasteiger partial charge in [-0.1, -0.05) is 36.4 Å². The zero-order valence-electron chi connectivity index (χ0n) is 16.4. The van der Waals surface area contributed by atoms with Gasteiger partial charge < -0.3 is 9.47 Å². The van der Waals surface area contributed by atoms with Crippen molar-refractivity contribution >= 4 is 27.7 Å². The van der Waals surface area contributed by atoms with Gasteiger partial charge in [0.1, 0.15) is 12.4 Å². The second-order valence-electron chi connectivity index (χ2n) is 7.75. The number of nitrogens with zero attached hydrogens (tertiary/aromatic N) is 2. The van der Waals surface area contributed by atoms with Crippen molar-refractivity contribution in [3.05, 3.63) is 94.4 Å². The van der Waals surface area contributed by atoms with Crippen LogP contribution >= 0.6 is 0 Å². The molecule has 1 atom stereocenters. The van der Waals surface area contributed by atoms with E-state index in [0.717, 1.165) is 29.4 Å². The van der Waals surface area contributed by atoms with E-state index in [1.807, 2.05) is 58.0 Å². The van der Waals surface area contributed by atoms with E-state index in [1.54, 1.807) is 12.1 Å². The lowest BCUT2D eigenvalue weighted by molar-refractivity contribution is -0.132. The van der Waals surface area contributed by atoms with Crippen molar-refractivity contribution in [1.82, 2.24) is 9.47 Å². The Morgan fingerprint density at radius 1 is 0.900 bits per heavy atom. The van der Waals surface area contributed by atoms with Gasteiger partial charge in [0, 0.05) is 17.3 Å². The first-order valence-corrected chi connectivity index (χ1v) is 10.2. The van der Waals surface area contributed by atoms with Gasteiger partial charge in [-0.05, 0) is 54.8 Å². The van der Waals surface area contributed by atoms with Crippen molar-refractivity contribution in [2.24, 2.45) is 0 Å². The van der Waals surface area contributed by atoms with Crippen LogP contribution in [0, 0.1) is 5.82 Å². The first kappa shape index (κ1) is 18.6. The molecule has 0 saturated carbocycles. The van der Waals surface area contributed by atoms with E-state index in [9.17, 15) is 14.0 Å². The lowest BCUT2D eigenvalue weighted by atomic mass is 10.0. The fourth-order valence-electron chi connectivity index (χ4n) is 4.57. The minimum Gasteiger partial charge on any atom is -0.334 e. The van der Waals surface area contributed by atoms with Crippen molar-refractivity contribution < 1.29 is 9.18 Å². The summed E-state index contributed by atoms with van der Waals surface area (Å²) < 4.78 is 15.3. The second kappa shape index (κ2) is 7.41. The van der Waals surface area contributed by atoms with Crippen molar-refractivity contribution in [2.45, 2.75) is 25.4 Å². The molecule has 5 rings (SSSR count). The molecule has 5 heteroatoms. The minimum absolute atomic E-state index is 0.000722. The summed E-state index contributed by atoms with van der Waals surface area (Å²) in [7, 11) is 0. The Kier molecular flexibility index (Phi) is 4.58. The first-order chi connectivity index (χ1) is 14.6. The minimum atomic E-state index is -0.277. The third kappa shape index (κ3) is 3.07. The molecule has 3 aromatic carbocycles. The van der Waals surface area contributed by atoms with Crippen LogP contribution in [-0.2, 0) is 11.3 Å². The topological polar surface area (TPSA) is 42.3 Å². The quantitative estimate of drug-likeness (QED) is 0.470. The number of hydrogen-bond donors (Lipinski definition) is 0. The summed E-state index contributed by atoms with van der Waals surface area (Å²) in [6.07, 6.45) is 1.78. The SMILES string of the molecule is O=C(Cn1c2ccccc2c(=O)c2ccccc21)N1CCC[C@@H]1c1ccc(F)cc1. The number of carbonyl (C=O) groups excluding carboxylic acids is 1. The molecule has 150 valence electrons. The lowest BCUT2D eigenvalue weighted by Crippen LogP contribution is -2.34. The van der Waals surface area contributed by atoms with Gasteiger partial charge in [0.25, 0.3) is 0 Å². The number of fused-ring (bicyclic) bond motifs is 2. The predicted octanol–water partition coefficient (Wildman–Crippen LogP) is 4.66. The number of rotatable bonds is 3. The Morgan fingerprint density at radius 3 is 2.13 bits per heavy atom. The molecular weight excluding hydrogens is 379 g/mol. The first-order valence-electron chi connectivity index (χ1n) is 10.2. The van der Waals surface area contributed by atoms with Gasteiger partial charge in [0.15, 0.2) is 5.43 Å². The van der Waals surface area contributed by atoms with E-state index in [-0.39, 0.29) is 29.7 Å². The Morgan fingerprint density at radius 2 is 1.50 bits per heavy atom. The number of para-hydroxylation sites is 2. The molecule has 1 aliphatic rings. The molecule has 1 saturated heterocycles. The van der Waals surface area contributed by atoms with Crippen molar-refractivity contribution in [3.63, 3.8) is 0 Å². The summed E-state index contributed by atoms with van der Waals surface area (Å²) in [5, 5.41) is 1.22. The van der Waals surface area contributed by atoms with Gasteiger partial charge in [0.05, 0.1) is 17.1 Å². The van der Waals surface area contributed by atoms with Crippen LogP contribution in [0.3, 0.4) is 0 Å². The molecule has 0 aliphatic carbocycles. The molecule has 1 amide bonds. The van der Waals surface area contributed by atoms with Crippen LogP contribution in [0.4, 0.5) is 4.39 Å². The average molecular weight is 400 g/mol. The number of hydrogen-bond acceptors (Lipinski definition) is 2. The van der Waals surface area contributed by atoms with Crippen LogP contribution in [0.15, 0.2) is 77.6 Å². The summed E-state index contributed by atoms with van der Waals surface area (Å²) in [6, 6.07) is 21.2. The monoisotopic (exact) mass is 400 g/mol. The molecule has 30 heavy (non-hydrogen) atoms. The van der Waals surface area contributed by atoms with Crippen LogP contribution in [-0.4, -0.2) is 21.9 Å². The molecular formula is C25H21FN2O2. The third-order valence-corrected chi connectivity index (χ3v) is 6.00. The van der Waals surface area contributed by atoms with E-state index in [4.69, 9.17) is 0 Å². The largest absolute Gasteiger partial charge is 0.334 e. The zero-order valence-corrected chi connectivity index (χ0v) is 16.4. The Labute approximate surface area is 173 Å². The fourth-order valence-corrected chi connectivity index (χ4v) is 4.57. The van der Waals surface area contributed by atoms with Crippen LogP contribution in [0.2, 0.25) is 0 Å². The summed E-state index contributed by atoms with van der Waals surface area (Å²) in [4.78, 5) is 28.2. The molecule has 0 radical (unpaired) electrons. The number of aromatic nitrogens is 1. The van der Waals surface area contributed by atoms with Crippen molar-refractivity contribution in [2.75, 3.05) is 6.54 Å². The highest BCUT2D eigenvalue weighted by Gasteiger charge is 2.30. The fraction of sp³-hybridized carbons (Fsp3) is 0.200. The molecule has 1 aliphatic heterocycles. The number of carbonyl (C=O) groups is 1. The van der Waals surface area contributed by atoms with Gasteiger partial charge in [-0.2, -0.15) is 0 Å². The van der Waals surface area contributed by atoms with Gasteiger partial charge in [-0.3, -0.25) is 9.59 Å². The molecule has 1 aromatic heterocycles. The average Bonchev–Trinajstić information content (AvgIpc) is 3.27. The number of halogens is 1. The van der Waals surface area contributed by atoms with Crippen LogP contribution in [0.1, 0.15) is 24.4 Å².